The zero-order chi connectivity index (χ0) is 28.1. The predicted molar refractivity (Wildman–Crippen MR) is 122 cm³/mol. The van der Waals surface area contributed by atoms with Gasteiger partial charge in [-0.1, -0.05) is 30.7 Å². The van der Waals surface area contributed by atoms with Gasteiger partial charge in [0.15, 0.2) is 0 Å². The second-order valence-electron chi connectivity index (χ2n) is 8.82. The van der Waals surface area contributed by atoms with E-state index in [9.17, 15) is 35.9 Å². The third-order valence-electron chi connectivity index (χ3n) is 5.98. The molecule has 2 aliphatic rings. The first-order valence-electron chi connectivity index (χ1n) is 11.5. The lowest BCUT2D eigenvalue weighted by Crippen LogP contribution is -2.51. The Kier molecular flexibility index (Phi) is 8.77. The van der Waals surface area contributed by atoms with Gasteiger partial charge >= 0.3 is 12.7 Å². The molecular weight excluding hydrogens is 522 g/mol. The molecule has 6 N–H and O–H groups in total. The Morgan fingerprint density at radius 1 is 0.868 bits per heavy atom. The van der Waals surface area contributed by atoms with E-state index < -0.39 is 30.7 Å². The van der Waals surface area contributed by atoms with Gasteiger partial charge in [0.05, 0.1) is 5.66 Å². The molecule has 0 aromatic heterocycles. The van der Waals surface area contributed by atoms with Crippen LogP contribution in [-0.2, 0) is 9.59 Å². The minimum atomic E-state index is -4.74. The number of alkyl halides is 6. The highest BCUT2D eigenvalue weighted by atomic mass is 19.4. The number of primary amides is 1. The number of benzene rings is 2. The Morgan fingerprint density at radius 2 is 1.34 bits per heavy atom. The minimum Gasteiger partial charge on any atom is -0.406 e. The lowest BCUT2D eigenvalue weighted by Gasteiger charge is -2.33. The highest BCUT2D eigenvalue weighted by molar-refractivity contribution is 5.86. The van der Waals surface area contributed by atoms with Crippen LogP contribution in [0.5, 0.6) is 11.5 Å². The van der Waals surface area contributed by atoms with Crippen molar-refractivity contribution in [1.82, 2.24) is 10.6 Å². The van der Waals surface area contributed by atoms with Crippen molar-refractivity contribution in [2.45, 2.75) is 62.6 Å². The molecule has 2 amide bonds. The molecule has 38 heavy (non-hydrogen) atoms. The van der Waals surface area contributed by atoms with Gasteiger partial charge in [0.1, 0.15) is 23.6 Å². The fourth-order valence-electron chi connectivity index (χ4n) is 4.25. The van der Waals surface area contributed by atoms with Crippen LogP contribution < -0.4 is 31.6 Å². The number of carbonyl (C=O) groups is 2. The van der Waals surface area contributed by atoms with Crippen molar-refractivity contribution in [2.24, 2.45) is 11.5 Å². The summed E-state index contributed by atoms with van der Waals surface area (Å²) >= 11 is 0. The number of nitrogens with one attached hydrogen (secondary N) is 2. The van der Waals surface area contributed by atoms with E-state index in [-0.39, 0.29) is 23.1 Å². The van der Waals surface area contributed by atoms with Crippen LogP contribution in [0.4, 0.5) is 26.3 Å². The van der Waals surface area contributed by atoms with Crippen molar-refractivity contribution in [3.05, 3.63) is 59.7 Å². The molecule has 1 heterocycles. The Morgan fingerprint density at radius 3 is 1.79 bits per heavy atom. The second-order valence-corrected chi connectivity index (χ2v) is 8.82. The molecule has 1 saturated carbocycles. The van der Waals surface area contributed by atoms with Gasteiger partial charge in [-0.2, -0.15) is 0 Å². The molecule has 1 aliphatic carbocycles. The van der Waals surface area contributed by atoms with Crippen molar-refractivity contribution < 1.29 is 45.4 Å². The topological polar surface area (TPSA) is 129 Å². The summed E-state index contributed by atoms with van der Waals surface area (Å²) in [4.78, 5) is 22.9. The zero-order valence-electron chi connectivity index (χ0n) is 19.9. The normalized spacial score (nSPS) is 19.7. The number of hydrogen-bond donors (Lipinski definition) is 4. The Hall–Kier alpha value is -3.52. The van der Waals surface area contributed by atoms with Crippen LogP contribution in [0.25, 0.3) is 0 Å². The van der Waals surface area contributed by atoms with Crippen molar-refractivity contribution in [3.63, 3.8) is 0 Å². The molecule has 2 atom stereocenters. The van der Waals surface area contributed by atoms with E-state index in [0.717, 1.165) is 44.2 Å². The SMILES string of the molecule is NC(=O)C(N)c1ccc(OC(F)(F)F)cc1.O=C1NC2(CCCCC2)NC1c1ccc(OC(F)(F)F)cc1. The number of carbonyl (C=O) groups excluding carboxylic acids is 2. The van der Waals surface area contributed by atoms with E-state index in [4.69, 9.17) is 11.5 Å². The van der Waals surface area contributed by atoms with Gasteiger partial charge in [-0.05, 0) is 61.1 Å². The van der Waals surface area contributed by atoms with Gasteiger partial charge in [0.25, 0.3) is 0 Å². The van der Waals surface area contributed by atoms with E-state index >= 15 is 0 Å². The fourth-order valence-corrected chi connectivity index (χ4v) is 4.25. The fraction of sp³-hybridized carbons (Fsp3) is 0.417. The van der Waals surface area contributed by atoms with Gasteiger partial charge in [-0.15, -0.1) is 26.3 Å². The summed E-state index contributed by atoms with van der Waals surface area (Å²) < 4.78 is 79.3. The number of rotatable bonds is 5. The number of nitrogens with two attached hydrogens (primary N) is 2. The van der Waals surface area contributed by atoms with Crippen molar-refractivity contribution >= 4 is 11.8 Å². The molecule has 0 bridgehead atoms. The lowest BCUT2D eigenvalue weighted by molar-refractivity contribution is -0.275. The molecule has 2 unspecified atom stereocenters. The van der Waals surface area contributed by atoms with Gasteiger partial charge in [-0.3, -0.25) is 14.9 Å². The number of ether oxygens (including phenoxy) is 2. The summed E-state index contributed by atoms with van der Waals surface area (Å²) in [6, 6.07) is 8.47. The third kappa shape index (κ3) is 8.25. The third-order valence-corrected chi connectivity index (χ3v) is 5.98. The Bertz CT molecular complexity index is 1100. The first-order valence-corrected chi connectivity index (χ1v) is 11.5. The van der Waals surface area contributed by atoms with Crippen LogP contribution in [0.15, 0.2) is 48.5 Å². The van der Waals surface area contributed by atoms with Crippen LogP contribution >= 0.6 is 0 Å². The molecule has 2 aromatic rings. The monoisotopic (exact) mass is 548 g/mol. The number of halogens is 6. The van der Waals surface area contributed by atoms with E-state index in [1.54, 1.807) is 0 Å². The summed E-state index contributed by atoms with van der Waals surface area (Å²) in [6.07, 6.45) is -4.43. The van der Waals surface area contributed by atoms with Crippen LogP contribution in [0.3, 0.4) is 0 Å². The van der Waals surface area contributed by atoms with Gasteiger partial charge in [-0.25, -0.2) is 0 Å². The molecule has 4 rings (SSSR count). The summed E-state index contributed by atoms with van der Waals surface area (Å²) in [6.45, 7) is 0. The molecular formula is C24H26F6N4O4. The molecule has 1 aliphatic heterocycles. The molecule has 2 fully saturated rings. The van der Waals surface area contributed by atoms with E-state index in [1.807, 2.05) is 0 Å². The van der Waals surface area contributed by atoms with Crippen LogP contribution in [0, 0.1) is 0 Å². The molecule has 2 aromatic carbocycles. The van der Waals surface area contributed by atoms with Crippen LogP contribution in [-0.4, -0.2) is 30.2 Å². The average molecular weight is 548 g/mol. The predicted octanol–water partition coefficient (Wildman–Crippen LogP) is 4.08. The average Bonchev–Trinajstić information content (AvgIpc) is 3.13. The minimum absolute atomic E-state index is 0.133. The zero-order valence-corrected chi connectivity index (χ0v) is 19.9. The smallest absolute Gasteiger partial charge is 0.406 e. The summed E-state index contributed by atoms with van der Waals surface area (Å²) in [7, 11) is 0. The van der Waals surface area contributed by atoms with Crippen molar-refractivity contribution in [2.75, 3.05) is 0 Å². The summed E-state index contributed by atoms with van der Waals surface area (Å²) in [5.74, 6) is -1.56. The molecule has 1 saturated heterocycles. The first kappa shape index (κ1) is 29.0. The van der Waals surface area contributed by atoms with E-state index in [0.29, 0.717) is 11.1 Å². The summed E-state index contributed by atoms with van der Waals surface area (Å²) in [5, 5.41) is 6.33. The number of hydrogen-bond acceptors (Lipinski definition) is 6. The van der Waals surface area contributed by atoms with Crippen molar-refractivity contribution in [3.8, 4) is 11.5 Å². The maximum atomic E-state index is 12.2. The largest absolute Gasteiger partial charge is 0.573 e. The highest BCUT2D eigenvalue weighted by Crippen LogP contribution is 2.34. The standard InChI is InChI=1S/C15H17F3N2O2.C9H9F3N2O2/c16-15(17,18)22-11-6-4-10(5-7-11)12-13(21)20-14(19-12)8-2-1-3-9-14;10-9(11,12)16-6-3-1-5(2-4-6)7(13)8(14)15/h4-7,12,19H,1-3,8-9H2,(H,20,21);1-4,7H,13H2,(H2,14,15). The molecule has 8 nitrogen and oxygen atoms in total. The van der Waals surface area contributed by atoms with Gasteiger partial charge < -0.3 is 26.3 Å². The van der Waals surface area contributed by atoms with Gasteiger partial charge in [0.2, 0.25) is 11.8 Å². The number of amides is 2. The maximum Gasteiger partial charge on any atom is 0.573 e. The van der Waals surface area contributed by atoms with Crippen LogP contribution in [0.1, 0.15) is 55.3 Å². The Labute approximate surface area is 213 Å². The van der Waals surface area contributed by atoms with Crippen molar-refractivity contribution in [1.29, 1.82) is 0 Å². The van der Waals surface area contributed by atoms with E-state index in [1.165, 1.54) is 36.4 Å². The second kappa shape index (κ2) is 11.5. The van der Waals surface area contributed by atoms with Gasteiger partial charge in [0, 0.05) is 0 Å². The maximum absolute atomic E-state index is 12.2. The quantitative estimate of drug-likeness (QED) is 0.417. The molecule has 0 radical (unpaired) electrons. The molecule has 14 heteroatoms. The molecule has 1 spiro atoms. The first-order chi connectivity index (χ1) is 17.7. The van der Waals surface area contributed by atoms with E-state index in [2.05, 4.69) is 20.1 Å². The molecule has 208 valence electrons. The Balaban J connectivity index is 0.000000223. The summed E-state index contributed by atoms with van der Waals surface area (Å²) in [5.41, 5.74) is 10.9. The highest BCUT2D eigenvalue weighted by Gasteiger charge is 2.44. The lowest BCUT2D eigenvalue weighted by atomic mass is 9.89. The van der Waals surface area contributed by atoms with Crippen LogP contribution in [0.2, 0.25) is 0 Å².